The minimum Gasteiger partial charge on any atom is -0.497 e. The van der Waals surface area contributed by atoms with E-state index in [0.717, 1.165) is 0 Å². The molecule has 106 valence electrons. The fraction of sp³-hybridized carbons (Fsp3) is 0.308. The number of hydrogen-bond donors (Lipinski definition) is 1. The average Bonchev–Trinajstić information content (AvgIpc) is 2.36. The minimum atomic E-state index is -0.509. The molecule has 20 heavy (non-hydrogen) atoms. The number of methoxy groups -OCH3 is 1. The molecule has 2 N–H and O–H groups in total. The van der Waals surface area contributed by atoms with Gasteiger partial charge in [0.05, 0.1) is 18.8 Å². The number of hydrogen-bond acceptors (Lipinski definition) is 6. The summed E-state index contributed by atoms with van der Waals surface area (Å²) in [6, 6.07) is 4.44. The van der Waals surface area contributed by atoms with Gasteiger partial charge >= 0.3 is 6.01 Å². The molecule has 7 heteroatoms. The highest BCUT2D eigenvalue weighted by Crippen LogP contribution is 2.25. The number of ether oxygens (including phenoxy) is 2. The van der Waals surface area contributed by atoms with E-state index in [1.54, 1.807) is 6.07 Å². The van der Waals surface area contributed by atoms with Crippen molar-refractivity contribution >= 4 is 5.95 Å². The molecule has 0 aliphatic heterocycles. The molecule has 0 aliphatic carbocycles. The van der Waals surface area contributed by atoms with Gasteiger partial charge in [-0.3, -0.25) is 0 Å². The Balaban J connectivity index is 2.44. The molecule has 1 aromatic carbocycles. The van der Waals surface area contributed by atoms with Crippen molar-refractivity contribution in [3.63, 3.8) is 0 Å². The van der Waals surface area contributed by atoms with Crippen LogP contribution in [0.2, 0.25) is 0 Å². The first-order valence-corrected chi connectivity index (χ1v) is 6.01. The van der Waals surface area contributed by atoms with Crippen LogP contribution in [0, 0.1) is 5.82 Å². The maximum Gasteiger partial charge on any atom is 0.322 e. The first-order valence-electron chi connectivity index (χ1n) is 6.01. The average molecular weight is 278 g/mol. The SMILES string of the molecule is COc1ccc(-c2nc(N)nc(OC(C)C)n2)c(F)c1. The van der Waals surface area contributed by atoms with Crippen molar-refractivity contribution in [2.75, 3.05) is 12.8 Å². The lowest BCUT2D eigenvalue weighted by Crippen LogP contribution is -2.11. The van der Waals surface area contributed by atoms with E-state index in [9.17, 15) is 4.39 Å². The number of nitrogen functional groups attached to an aromatic ring is 1. The van der Waals surface area contributed by atoms with Crippen LogP contribution in [0.5, 0.6) is 11.8 Å². The number of benzene rings is 1. The predicted octanol–water partition coefficient (Wildman–Crippen LogP) is 2.06. The molecule has 2 aromatic rings. The Labute approximate surface area is 115 Å². The summed E-state index contributed by atoms with van der Waals surface area (Å²) >= 11 is 0. The molecule has 0 fully saturated rings. The molecule has 0 unspecified atom stereocenters. The summed E-state index contributed by atoms with van der Waals surface area (Å²) in [6.07, 6.45) is -0.120. The lowest BCUT2D eigenvalue weighted by Gasteiger charge is -2.10. The quantitative estimate of drug-likeness (QED) is 0.921. The van der Waals surface area contributed by atoms with Gasteiger partial charge in [0.25, 0.3) is 0 Å². The summed E-state index contributed by atoms with van der Waals surface area (Å²) in [5.41, 5.74) is 5.79. The van der Waals surface area contributed by atoms with E-state index in [4.69, 9.17) is 15.2 Å². The van der Waals surface area contributed by atoms with Crippen LogP contribution < -0.4 is 15.2 Å². The number of halogens is 1. The van der Waals surface area contributed by atoms with Crippen molar-refractivity contribution in [3.05, 3.63) is 24.0 Å². The molecule has 6 nitrogen and oxygen atoms in total. The van der Waals surface area contributed by atoms with Crippen molar-refractivity contribution in [3.8, 4) is 23.1 Å². The Bertz CT molecular complexity index is 619. The second kappa shape index (κ2) is 5.68. The highest BCUT2D eigenvalue weighted by atomic mass is 19.1. The van der Waals surface area contributed by atoms with E-state index in [1.807, 2.05) is 13.8 Å². The Kier molecular flexibility index (Phi) is 3.97. The molecule has 0 aliphatic rings. The first kappa shape index (κ1) is 14.0. The molecule has 1 heterocycles. The third-order valence-corrected chi connectivity index (χ3v) is 2.39. The topological polar surface area (TPSA) is 83.2 Å². The molecule has 0 spiro atoms. The molecule has 0 amide bonds. The zero-order valence-electron chi connectivity index (χ0n) is 11.4. The van der Waals surface area contributed by atoms with Crippen molar-refractivity contribution in [2.24, 2.45) is 0 Å². The normalized spacial score (nSPS) is 10.7. The third-order valence-electron chi connectivity index (χ3n) is 2.39. The van der Waals surface area contributed by atoms with E-state index >= 15 is 0 Å². The third kappa shape index (κ3) is 3.11. The first-order chi connectivity index (χ1) is 9.49. The van der Waals surface area contributed by atoms with Crippen LogP contribution in [0.4, 0.5) is 10.3 Å². The fourth-order valence-electron chi connectivity index (χ4n) is 1.56. The van der Waals surface area contributed by atoms with Crippen molar-refractivity contribution in [2.45, 2.75) is 20.0 Å². The van der Waals surface area contributed by atoms with Gasteiger partial charge in [0.1, 0.15) is 11.6 Å². The summed E-state index contributed by atoms with van der Waals surface area (Å²) in [7, 11) is 1.46. The van der Waals surface area contributed by atoms with Gasteiger partial charge in [0.15, 0.2) is 5.82 Å². The van der Waals surface area contributed by atoms with Crippen LogP contribution in [-0.4, -0.2) is 28.2 Å². The van der Waals surface area contributed by atoms with Gasteiger partial charge < -0.3 is 15.2 Å². The number of anilines is 1. The molecule has 0 atom stereocenters. The molecule has 0 bridgehead atoms. The Morgan fingerprint density at radius 1 is 1.20 bits per heavy atom. The number of nitrogens with zero attached hydrogens (tertiary/aromatic N) is 3. The highest BCUT2D eigenvalue weighted by molar-refractivity contribution is 5.58. The maximum atomic E-state index is 14.0. The number of aromatic nitrogens is 3. The minimum absolute atomic E-state index is 0.0270. The fourth-order valence-corrected chi connectivity index (χ4v) is 1.56. The molecule has 0 saturated carbocycles. The standard InChI is InChI=1S/C13H15FN4O2/c1-7(2)20-13-17-11(16-12(15)18-13)9-5-4-8(19-3)6-10(9)14/h4-7H,1-3H3,(H2,15,16,17,18). The smallest absolute Gasteiger partial charge is 0.322 e. The monoisotopic (exact) mass is 278 g/mol. The highest BCUT2D eigenvalue weighted by Gasteiger charge is 2.13. The molecule has 0 saturated heterocycles. The van der Waals surface area contributed by atoms with E-state index in [0.29, 0.717) is 5.75 Å². The largest absolute Gasteiger partial charge is 0.497 e. The van der Waals surface area contributed by atoms with Gasteiger partial charge in [-0.2, -0.15) is 15.0 Å². The van der Waals surface area contributed by atoms with Gasteiger partial charge in [-0.1, -0.05) is 0 Å². The summed E-state index contributed by atoms with van der Waals surface area (Å²) in [5.74, 6) is -0.00782. The zero-order chi connectivity index (χ0) is 14.7. The Hall–Kier alpha value is -2.44. The van der Waals surface area contributed by atoms with Crippen LogP contribution >= 0.6 is 0 Å². The second-order valence-electron chi connectivity index (χ2n) is 4.31. The van der Waals surface area contributed by atoms with E-state index in [2.05, 4.69) is 15.0 Å². The summed E-state index contributed by atoms with van der Waals surface area (Å²) in [5, 5.41) is 0. The summed E-state index contributed by atoms with van der Waals surface area (Å²) in [4.78, 5) is 11.8. The molecule has 2 rings (SSSR count). The van der Waals surface area contributed by atoms with Crippen molar-refractivity contribution in [1.29, 1.82) is 0 Å². The van der Waals surface area contributed by atoms with E-state index in [1.165, 1.54) is 19.2 Å². The molecule has 1 aromatic heterocycles. The lowest BCUT2D eigenvalue weighted by molar-refractivity contribution is 0.222. The number of nitrogens with two attached hydrogens (primary N) is 1. The van der Waals surface area contributed by atoms with Gasteiger partial charge in [0, 0.05) is 6.07 Å². The molecular weight excluding hydrogens is 263 g/mol. The number of rotatable bonds is 4. The van der Waals surface area contributed by atoms with Crippen molar-refractivity contribution < 1.29 is 13.9 Å². The van der Waals surface area contributed by atoms with Gasteiger partial charge in [0.2, 0.25) is 5.95 Å². The lowest BCUT2D eigenvalue weighted by atomic mass is 10.2. The summed E-state index contributed by atoms with van der Waals surface area (Å²) < 4.78 is 24.3. The van der Waals surface area contributed by atoms with Gasteiger partial charge in [-0.05, 0) is 26.0 Å². The second-order valence-corrected chi connectivity index (χ2v) is 4.31. The predicted molar refractivity (Wildman–Crippen MR) is 71.9 cm³/mol. The summed E-state index contributed by atoms with van der Waals surface area (Å²) in [6.45, 7) is 3.65. The van der Waals surface area contributed by atoms with Gasteiger partial charge in [-0.15, -0.1) is 0 Å². The van der Waals surface area contributed by atoms with Crippen molar-refractivity contribution in [1.82, 2.24) is 15.0 Å². The van der Waals surface area contributed by atoms with E-state index in [-0.39, 0.29) is 29.5 Å². The van der Waals surface area contributed by atoms with E-state index < -0.39 is 5.82 Å². The van der Waals surface area contributed by atoms with Crippen LogP contribution in [0.25, 0.3) is 11.4 Å². The molecular formula is C13H15FN4O2. The van der Waals surface area contributed by atoms with Crippen LogP contribution in [0.1, 0.15) is 13.8 Å². The maximum absolute atomic E-state index is 14.0. The van der Waals surface area contributed by atoms with Gasteiger partial charge in [-0.25, -0.2) is 4.39 Å². The molecule has 0 radical (unpaired) electrons. The Morgan fingerprint density at radius 3 is 2.55 bits per heavy atom. The van der Waals surface area contributed by atoms with Crippen LogP contribution in [0.15, 0.2) is 18.2 Å². The Morgan fingerprint density at radius 2 is 1.95 bits per heavy atom. The zero-order valence-corrected chi connectivity index (χ0v) is 11.4. The van der Waals surface area contributed by atoms with Crippen LogP contribution in [0.3, 0.4) is 0 Å². The van der Waals surface area contributed by atoms with Crippen LogP contribution in [-0.2, 0) is 0 Å².